The van der Waals surface area contributed by atoms with Crippen LogP contribution in [0.25, 0.3) is 0 Å². The van der Waals surface area contributed by atoms with E-state index in [1.54, 1.807) is 5.56 Å². The fourth-order valence-electron chi connectivity index (χ4n) is 6.07. The molecule has 1 aromatic rings. The summed E-state index contributed by atoms with van der Waals surface area (Å²) >= 11 is 0. The molecule has 3 fully saturated rings. The van der Waals surface area contributed by atoms with Crippen molar-refractivity contribution in [3.63, 3.8) is 0 Å². The lowest BCUT2D eigenvalue weighted by Gasteiger charge is -2.41. The molecule has 2 nitrogen and oxygen atoms in total. The molecular weight excluding hydrogens is 304 g/mol. The molecule has 1 saturated carbocycles. The van der Waals surface area contributed by atoms with E-state index < -0.39 is 0 Å². The first-order valence-corrected chi connectivity index (χ1v) is 11.0. The Kier molecular flexibility index (Phi) is 5.77. The molecule has 1 aliphatic carbocycles. The molecule has 25 heavy (non-hydrogen) atoms. The lowest BCUT2D eigenvalue weighted by molar-refractivity contribution is -0.972. The van der Waals surface area contributed by atoms with Crippen molar-refractivity contribution >= 4 is 0 Å². The second-order valence-corrected chi connectivity index (χ2v) is 9.25. The van der Waals surface area contributed by atoms with Gasteiger partial charge in [0.25, 0.3) is 0 Å². The second kappa shape index (κ2) is 8.22. The topological polar surface area (TPSA) is 8.88 Å². The largest absolute Gasteiger partial charge is 0.332 e. The standard InChI is InChI=1S/C23H36N2/c1-19-6-5-15-25(18-19)23-13-16-24(17-14-23)22-11-9-21(10-12-22)20-7-3-2-4-8-20/h2-4,7-8,19,21-23H,5-6,9-18H2,1H3/p+2/t19-,21?,22?/m0/s1. The molecule has 2 N–H and O–H groups in total. The van der Waals surface area contributed by atoms with Gasteiger partial charge in [0.2, 0.25) is 0 Å². The Morgan fingerprint density at radius 3 is 2.08 bits per heavy atom. The van der Waals surface area contributed by atoms with Gasteiger partial charge in [0.1, 0.15) is 0 Å². The number of hydrogen-bond acceptors (Lipinski definition) is 0. The monoisotopic (exact) mass is 342 g/mol. The predicted octanol–water partition coefficient (Wildman–Crippen LogP) is 2.07. The minimum Gasteiger partial charge on any atom is -0.332 e. The summed E-state index contributed by atoms with van der Waals surface area (Å²) in [5, 5.41) is 0. The molecule has 3 aliphatic rings. The summed E-state index contributed by atoms with van der Waals surface area (Å²) in [7, 11) is 0. The van der Waals surface area contributed by atoms with Crippen molar-refractivity contribution in [1.82, 2.24) is 0 Å². The van der Waals surface area contributed by atoms with Crippen molar-refractivity contribution in [3.05, 3.63) is 35.9 Å². The van der Waals surface area contributed by atoms with Gasteiger partial charge >= 0.3 is 0 Å². The van der Waals surface area contributed by atoms with E-state index in [9.17, 15) is 0 Å². The highest BCUT2D eigenvalue weighted by atomic mass is 15.2. The van der Waals surface area contributed by atoms with Gasteiger partial charge in [-0.1, -0.05) is 37.3 Å². The Balaban J connectivity index is 1.24. The molecule has 138 valence electrons. The third-order valence-electron chi connectivity index (χ3n) is 7.59. The number of nitrogens with one attached hydrogen (secondary N) is 2. The Morgan fingerprint density at radius 2 is 1.40 bits per heavy atom. The van der Waals surface area contributed by atoms with E-state index >= 15 is 0 Å². The minimum absolute atomic E-state index is 0.827. The van der Waals surface area contributed by atoms with Gasteiger partial charge in [0, 0.05) is 18.8 Å². The first-order chi connectivity index (χ1) is 12.3. The quantitative estimate of drug-likeness (QED) is 0.832. The van der Waals surface area contributed by atoms with Crippen LogP contribution in [-0.2, 0) is 0 Å². The maximum Gasteiger partial charge on any atom is 0.0983 e. The van der Waals surface area contributed by atoms with Gasteiger partial charge in [-0.25, -0.2) is 0 Å². The zero-order valence-electron chi connectivity index (χ0n) is 16.2. The van der Waals surface area contributed by atoms with E-state index in [-0.39, 0.29) is 0 Å². The highest BCUT2D eigenvalue weighted by Gasteiger charge is 2.36. The number of piperidine rings is 2. The van der Waals surface area contributed by atoms with Crippen LogP contribution in [-0.4, -0.2) is 38.3 Å². The molecule has 2 atom stereocenters. The third-order valence-corrected chi connectivity index (χ3v) is 7.59. The lowest BCUT2D eigenvalue weighted by Crippen LogP contribution is -3.22. The van der Waals surface area contributed by atoms with Crippen LogP contribution in [0.3, 0.4) is 0 Å². The zero-order chi connectivity index (χ0) is 17.1. The van der Waals surface area contributed by atoms with E-state index in [0.717, 1.165) is 23.9 Å². The van der Waals surface area contributed by atoms with E-state index in [2.05, 4.69) is 37.3 Å². The fourth-order valence-corrected chi connectivity index (χ4v) is 6.07. The van der Waals surface area contributed by atoms with Crippen LogP contribution in [0.4, 0.5) is 0 Å². The molecule has 2 heterocycles. The minimum atomic E-state index is 0.827. The molecule has 0 radical (unpaired) electrons. The highest BCUT2D eigenvalue weighted by Crippen LogP contribution is 2.32. The van der Waals surface area contributed by atoms with Crippen molar-refractivity contribution in [1.29, 1.82) is 0 Å². The van der Waals surface area contributed by atoms with Crippen molar-refractivity contribution < 1.29 is 9.80 Å². The summed E-state index contributed by atoms with van der Waals surface area (Å²) in [5.41, 5.74) is 1.58. The number of quaternary nitrogens is 2. The van der Waals surface area contributed by atoms with Gasteiger partial charge in [-0.2, -0.15) is 0 Å². The molecule has 2 heteroatoms. The van der Waals surface area contributed by atoms with Crippen LogP contribution >= 0.6 is 0 Å². The Labute approximate surface area is 154 Å². The van der Waals surface area contributed by atoms with Crippen LogP contribution in [0.2, 0.25) is 0 Å². The van der Waals surface area contributed by atoms with Gasteiger partial charge in [-0.3, -0.25) is 0 Å². The predicted molar refractivity (Wildman–Crippen MR) is 104 cm³/mol. The van der Waals surface area contributed by atoms with Crippen LogP contribution < -0.4 is 9.80 Å². The molecule has 0 amide bonds. The first-order valence-electron chi connectivity index (χ1n) is 11.0. The third kappa shape index (κ3) is 4.28. The zero-order valence-corrected chi connectivity index (χ0v) is 16.2. The average molecular weight is 343 g/mol. The SMILES string of the molecule is C[C@H]1CCC[NH+](C2CC[NH+](C3CCC(c4ccccc4)CC3)CC2)C1. The maximum atomic E-state index is 2.46. The summed E-state index contributed by atoms with van der Waals surface area (Å²) in [6.07, 6.45) is 11.6. The molecule has 0 spiro atoms. The summed E-state index contributed by atoms with van der Waals surface area (Å²) < 4.78 is 0. The van der Waals surface area contributed by atoms with Crippen LogP contribution in [0.1, 0.15) is 69.8 Å². The molecule has 1 unspecified atom stereocenters. The number of hydrogen-bond donors (Lipinski definition) is 2. The van der Waals surface area contributed by atoms with Gasteiger partial charge in [0.05, 0.1) is 38.3 Å². The van der Waals surface area contributed by atoms with Crippen molar-refractivity contribution in [2.75, 3.05) is 26.2 Å². The van der Waals surface area contributed by atoms with Crippen molar-refractivity contribution in [2.24, 2.45) is 5.92 Å². The van der Waals surface area contributed by atoms with Crippen LogP contribution in [0, 0.1) is 5.92 Å². The Hall–Kier alpha value is -0.860. The molecule has 1 aromatic carbocycles. The Bertz CT molecular complexity index is 512. The normalized spacial score (nSPS) is 39.9. The average Bonchev–Trinajstić information content (AvgIpc) is 2.69. The van der Waals surface area contributed by atoms with Crippen LogP contribution in [0.15, 0.2) is 30.3 Å². The lowest BCUT2D eigenvalue weighted by atomic mass is 9.80. The summed E-state index contributed by atoms with van der Waals surface area (Å²) in [6.45, 7) is 8.26. The van der Waals surface area contributed by atoms with E-state index in [1.807, 2.05) is 9.80 Å². The molecule has 0 aromatic heterocycles. The maximum absolute atomic E-state index is 2.46. The van der Waals surface area contributed by atoms with Gasteiger partial charge < -0.3 is 9.80 Å². The number of rotatable bonds is 3. The van der Waals surface area contributed by atoms with Crippen LogP contribution in [0.5, 0.6) is 0 Å². The van der Waals surface area contributed by atoms with E-state index in [4.69, 9.17) is 0 Å². The van der Waals surface area contributed by atoms with Gasteiger partial charge in [0.15, 0.2) is 0 Å². The van der Waals surface area contributed by atoms with E-state index in [1.165, 1.54) is 77.5 Å². The molecule has 2 saturated heterocycles. The molecular formula is C23H38N2+2. The van der Waals surface area contributed by atoms with Gasteiger partial charge in [-0.05, 0) is 50.0 Å². The second-order valence-electron chi connectivity index (χ2n) is 9.25. The molecule has 2 aliphatic heterocycles. The van der Waals surface area contributed by atoms with E-state index in [0.29, 0.717) is 0 Å². The summed E-state index contributed by atoms with van der Waals surface area (Å²) in [5.74, 6) is 1.79. The highest BCUT2D eigenvalue weighted by molar-refractivity contribution is 5.19. The summed E-state index contributed by atoms with van der Waals surface area (Å²) in [6, 6.07) is 13.2. The molecule has 4 rings (SSSR count). The molecule has 0 bridgehead atoms. The Morgan fingerprint density at radius 1 is 0.720 bits per heavy atom. The first kappa shape index (κ1) is 17.5. The number of likely N-dealkylation sites (tertiary alicyclic amines) is 2. The summed E-state index contributed by atoms with van der Waals surface area (Å²) in [4.78, 5) is 3.90. The van der Waals surface area contributed by atoms with Crippen molar-refractivity contribution in [2.45, 2.75) is 76.3 Å². The fraction of sp³-hybridized carbons (Fsp3) is 0.739. The smallest absolute Gasteiger partial charge is 0.0983 e. The number of benzene rings is 1. The van der Waals surface area contributed by atoms with Crippen molar-refractivity contribution in [3.8, 4) is 0 Å². The van der Waals surface area contributed by atoms with Gasteiger partial charge in [-0.15, -0.1) is 0 Å².